The van der Waals surface area contributed by atoms with Crippen LogP contribution in [0.15, 0.2) is 16.6 Å². The van der Waals surface area contributed by atoms with Crippen LogP contribution in [-0.2, 0) is 10.5 Å². The Morgan fingerprint density at radius 3 is 2.82 bits per heavy atom. The first-order valence-corrected chi connectivity index (χ1v) is 3.58. The molecule has 1 heterocycles. The van der Waals surface area contributed by atoms with E-state index in [-0.39, 0.29) is 5.69 Å². The third kappa shape index (κ3) is 1.97. The fourth-order valence-corrected chi connectivity index (χ4v) is 0.726. The van der Waals surface area contributed by atoms with Gasteiger partial charge in [0.15, 0.2) is 0 Å². The Morgan fingerprint density at radius 2 is 2.36 bits per heavy atom. The number of aromatic nitrogens is 2. The van der Waals surface area contributed by atoms with E-state index in [2.05, 4.69) is 14.6 Å². The summed E-state index contributed by atoms with van der Waals surface area (Å²) >= 11 is 0. The zero-order valence-corrected chi connectivity index (χ0v) is 6.00. The molecule has 0 aromatic carbocycles. The van der Waals surface area contributed by atoms with Gasteiger partial charge in [0.25, 0.3) is 0 Å². The number of rotatable bonds is 1. The van der Waals surface area contributed by atoms with Crippen molar-refractivity contribution in [2.24, 2.45) is 4.36 Å². The van der Waals surface area contributed by atoms with Gasteiger partial charge in [-0.15, -0.1) is 0 Å². The van der Waals surface area contributed by atoms with Crippen LogP contribution < -0.4 is 0 Å². The van der Waals surface area contributed by atoms with Crippen molar-refractivity contribution in [3.05, 3.63) is 18.0 Å². The number of aromatic amines is 1. The predicted octanol–water partition coefficient (Wildman–Crippen LogP) is -0.387. The minimum absolute atomic E-state index is 0.0502. The van der Waals surface area contributed by atoms with E-state index >= 15 is 0 Å². The molecule has 1 amide bonds. The summed E-state index contributed by atoms with van der Waals surface area (Å²) < 4.78 is 22.5. The molecule has 1 N–H and O–H groups in total. The van der Waals surface area contributed by atoms with E-state index < -0.39 is 16.4 Å². The van der Waals surface area contributed by atoms with Gasteiger partial charge >= 0.3 is 16.4 Å². The smallest absolute Gasteiger partial charge is 0.273 e. The predicted molar refractivity (Wildman–Crippen MR) is 34.3 cm³/mol. The molecule has 0 aliphatic heterocycles. The van der Waals surface area contributed by atoms with Gasteiger partial charge in [-0.1, -0.05) is 4.36 Å². The second kappa shape index (κ2) is 3.06. The Labute approximate surface area is 62.9 Å². The molecule has 6 nitrogen and oxygen atoms in total. The molecular formula is C4H3N3O3S. The Hall–Kier alpha value is -1.50. The molecule has 0 unspecified atom stereocenters. The zero-order valence-electron chi connectivity index (χ0n) is 5.18. The van der Waals surface area contributed by atoms with Crippen molar-refractivity contribution >= 4 is 16.4 Å². The molecule has 0 saturated carbocycles. The summed E-state index contributed by atoms with van der Waals surface area (Å²) in [5.41, 5.74) is 0.0502. The van der Waals surface area contributed by atoms with Crippen molar-refractivity contribution in [2.75, 3.05) is 0 Å². The average molecular weight is 173 g/mol. The summed E-state index contributed by atoms with van der Waals surface area (Å²) in [7, 11) is -2.70. The van der Waals surface area contributed by atoms with E-state index in [1.165, 1.54) is 12.3 Å². The van der Waals surface area contributed by atoms with Crippen molar-refractivity contribution in [2.45, 2.75) is 0 Å². The molecule has 7 heteroatoms. The molecule has 0 bridgehead atoms. The Balaban J connectivity index is 2.97. The van der Waals surface area contributed by atoms with Crippen LogP contribution in [-0.4, -0.2) is 24.5 Å². The van der Waals surface area contributed by atoms with Crippen LogP contribution in [0.1, 0.15) is 10.5 Å². The molecule has 58 valence electrons. The van der Waals surface area contributed by atoms with Crippen molar-refractivity contribution < 1.29 is 13.2 Å². The van der Waals surface area contributed by atoms with Crippen molar-refractivity contribution in [3.8, 4) is 0 Å². The third-order valence-corrected chi connectivity index (χ3v) is 1.20. The first-order valence-electron chi connectivity index (χ1n) is 2.55. The quantitative estimate of drug-likeness (QED) is 0.626. The number of amides is 1. The van der Waals surface area contributed by atoms with Gasteiger partial charge in [-0.25, -0.2) is 0 Å². The molecule has 1 aromatic heterocycles. The standard InChI is InChI=1S/C4H3N3O3S/c8-4(7-11(9)10)3-1-2-5-6-3/h1-2H,(H,5,6). The first-order chi connectivity index (χ1) is 5.20. The van der Waals surface area contributed by atoms with E-state index in [4.69, 9.17) is 0 Å². The summed E-state index contributed by atoms with van der Waals surface area (Å²) in [6.45, 7) is 0. The van der Waals surface area contributed by atoms with Crippen LogP contribution in [0.25, 0.3) is 0 Å². The van der Waals surface area contributed by atoms with E-state index in [0.29, 0.717) is 0 Å². The second-order valence-corrected chi connectivity index (χ2v) is 2.20. The Morgan fingerprint density at radius 1 is 1.64 bits per heavy atom. The Bertz CT molecular complexity index is 369. The number of hydrogen-bond acceptors (Lipinski definition) is 4. The number of hydrogen-bond donors (Lipinski definition) is 1. The van der Waals surface area contributed by atoms with E-state index in [1.807, 2.05) is 0 Å². The van der Waals surface area contributed by atoms with Crippen LogP contribution in [0, 0.1) is 0 Å². The minimum atomic E-state index is -2.70. The highest BCUT2D eigenvalue weighted by atomic mass is 32.2. The number of nitrogens with one attached hydrogen (secondary N) is 1. The summed E-state index contributed by atoms with van der Waals surface area (Å²) in [6, 6.07) is 1.33. The van der Waals surface area contributed by atoms with Crippen LogP contribution in [0.4, 0.5) is 0 Å². The van der Waals surface area contributed by atoms with Gasteiger partial charge in [-0.3, -0.25) is 9.89 Å². The SMILES string of the molecule is O=C(N=S(=O)=O)c1ccn[nH]1. The molecule has 1 aromatic rings. The maximum atomic E-state index is 10.7. The lowest BCUT2D eigenvalue weighted by atomic mass is 10.4. The fourth-order valence-electron chi connectivity index (χ4n) is 0.492. The van der Waals surface area contributed by atoms with Gasteiger partial charge in [0.1, 0.15) is 5.69 Å². The topological polar surface area (TPSA) is 92.2 Å². The lowest BCUT2D eigenvalue weighted by Crippen LogP contribution is -1.93. The van der Waals surface area contributed by atoms with Crippen LogP contribution in [0.3, 0.4) is 0 Å². The number of H-pyrrole nitrogens is 1. The zero-order chi connectivity index (χ0) is 8.27. The van der Waals surface area contributed by atoms with Gasteiger partial charge in [-0.05, 0) is 6.07 Å². The summed E-state index contributed by atoms with van der Waals surface area (Å²) in [5.74, 6) is -0.851. The lowest BCUT2D eigenvalue weighted by molar-refractivity contribution is 0.100. The largest absolute Gasteiger partial charge is 0.319 e. The molecule has 0 spiro atoms. The van der Waals surface area contributed by atoms with Crippen LogP contribution >= 0.6 is 0 Å². The number of nitrogens with zero attached hydrogens (tertiary/aromatic N) is 2. The molecule has 0 saturated heterocycles. The summed E-state index contributed by atoms with van der Waals surface area (Å²) in [4.78, 5) is 10.7. The fraction of sp³-hybridized carbons (Fsp3) is 0. The van der Waals surface area contributed by atoms with E-state index in [0.717, 1.165) is 0 Å². The molecule has 0 fully saturated rings. The molecule has 11 heavy (non-hydrogen) atoms. The van der Waals surface area contributed by atoms with Gasteiger partial charge in [0.2, 0.25) is 0 Å². The second-order valence-electron chi connectivity index (χ2n) is 1.58. The van der Waals surface area contributed by atoms with Crippen LogP contribution in [0.5, 0.6) is 0 Å². The van der Waals surface area contributed by atoms with Gasteiger partial charge in [-0.2, -0.15) is 13.5 Å². The van der Waals surface area contributed by atoms with Gasteiger partial charge in [0.05, 0.1) is 0 Å². The molecule has 1 rings (SSSR count). The molecule has 0 atom stereocenters. The molecule has 0 aliphatic rings. The highest BCUT2D eigenvalue weighted by molar-refractivity contribution is 7.62. The molecular weight excluding hydrogens is 170 g/mol. The van der Waals surface area contributed by atoms with Crippen LogP contribution in [0.2, 0.25) is 0 Å². The van der Waals surface area contributed by atoms with Gasteiger partial charge in [0, 0.05) is 6.20 Å². The summed E-state index contributed by atoms with van der Waals surface area (Å²) in [5, 5.41) is 5.72. The average Bonchev–Trinajstić information content (AvgIpc) is 2.35. The highest BCUT2D eigenvalue weighted by Gasteiger charge is 2.03. The molecule has 0 radical (unpaired) electrons. The maximum Gasteiger partial charge on any atom is 0.319 e. The Kier molecular flexibility index (Phi) is 2.12. The van der Waals surface area contributed by atoms with Gasteiger partial charge < -0.3 is 0 Å². The number of carbonyl (C=O) groups excluding carboxylic acids is 1. The monoisotopic (exact) mass is 173 g/mol. The first kappa shape index (κ1) is 7.61. The van der Waals surface area contributed by atoms with Crippen molar-refractivity contribution in [1.29, 1.82) is 0 Å². The molecule has 0 aliphatic carbocycles. The van der Waals surface area contributed by atoms with E-state index in [1.54, 1.807) is 0 Å². The van der Waals surface area contributed by atoms with E-state index in [9.17, 15) is 13.2 Å². The maximum absolute atomic E-state index is 10.7. The third-order valence-electron chi connectivity index (χ3n) is 0.889. The lowest BCUT2D eigenvalue weighted by Gasteiger charge is -1.80. The minimum Gasteiger partial charge on any atom is -0.273 e. The normalized spacial score (nSPS) is 9.09. The highest BCUT2D eigenvalue weighted by Crippen LogP contribution is 1.93. The number of carbonyl (C=O) groups is 1. The van der Waals surface area contributed by atoms with Crippen molar-refractivity contribution in [3.63, 3.8) is 0 Å². The summed E-state index contributed by atoms with van der Waals surface area (Å²) in [6.07, 6.45) is 1.33. The van der Waals surface area contributed by atoms with Crippen molar-refractivity contribution in [1.82, 2.24) is 10.2 Å².